The molecule has 0 bridgehead atoms. The topological polar surface area (TPSA) is 70.9 Å². The number of rotatable bonds is 8. The molecule has 0 atom stereocenters. The van der Waals surface area contributed by atoms with Crippen LogP contribution in [0.25, 0.3) is 10.6 Å². The third kappa shape index (κ3) is 5.50. The third-order valence-corrected chi connectivity index (χ3v) is 8.60. The first-order valence-corrected chi connectivity index (χ1v) is 14.2. The molecule has 0 unspecified atom stereocenters. The lowest BCUT2D eigenvalue weighted by molar-refractivity contribution is -0.137. The van der Waals surface area contributed by atoms with Gasteiger partial charge in [-0.3, -0.25) is 4.68 Å². The van der Waals surface area contributed by atoms with E-state index >= 15 is 0 Å². The first-order chi connectivity index (χ1) is 17.2. The number of aromatic nitrogens is 4. The molecule has 2 aliphatic rings. The zero-order valence-electron chi connectivity index (χ0n) is 20.5. The van der Waals surface area contributed by atoms with E-state index in [1.165, 1.54) is 23.1 Å². The lowest BCUT2D eigenvalue weighted by atomic mass is 10.1. The standard InChI is InChI=1S/C24H30F3N7S2/c1-4-14-13-34(16-7-9-33(2)10-8-16)32-21(14)31-23-28-12-17(24(25,26)27)20(30-23)18-11-19(35-3)22(36-18)29-15-5-6-15/h11-13,15-16,29H,4-10H2,1-3H3,(H,28,30,31,32). The minimum atomic E-state index is -4.56. The maximum Gasteiger partial charge on any atom is 0.420 e. The molecule has 194 valence electrons. The van der Waals surface area contributed by atoms with E-state index in [9.17, 15) is 13.2 Å². The second-order valence-corrected chi connectivity index (χ2v) is 11.3. The van der Waals surface area contributed by atoms with Crippen LogP contribution < -0.4 is 10.6 Å². The van der Waals surface area contributed by atoms with E-state index in [0.717, 1.165) is 66.9 Å². The fourth-order valence-corrected chi connectivity index (χ4v) is 6.30. The summed E-state index contributed by atoms with van der Waals surface area (Å²) in [7, 11) is 2.12. The van der Waals surface area contributed by atoms with Crippen molar-refractivity contribution in [2.75, 3.05) is 37.0 Å². The smallest absolute Gasteiger partial charge is 0.373 e. The highest BCUT2D eigenvalue weighted by Gasteiger charge is 2.36. The van der Waals surface area contributed by atoms with Gasteiger partial charge in [0, 0.05) is 28.9 Å². The normalized spacial score (nSPS) is 17.5. The van der Waals surface area contributed by atoms with E-state index in [2.05, 4.69) is 32.5 Å². The molecule has 7 nitrogen and oxygen atoms in total. The van der Waals surface area contributed by atoms with Crippen molar-refractivity contribution in [2.24, 2.45) is 0 Å². The van der Waals surface area contributed by atoms with Crippen LogP contribution >= 0.6 is 23.1 Å². The molecule has 0 amide bonds. The summed E-state index contributed by atoms with van der Waals surface area (Å²) >= 11 is 2.82. The molecule has 4 heterocycles. The van der Waals surface area contributed by atoms with Gasteiger partial charge in [0.15, 0.2) is 5.82 Å². The van der Waals surface area contributed by atoms with E-state index in [1.54, 1.807) is 6.07 Å². The molecule has 3 aromatic rings. The van der Waals surface area contributed by atoms with Crippen LogP contribution in [0.4, 0.5) is 29.9 Å². The van der Waals surface area contributed by atoms with Crippen LogP contribution in [-0.4, -0.2) is 57.1 Å². The Morgan fingerprint density at radius 2 is 1.94 bits per heavy atom. The lowest BCUT2D eigenvalue weighted by Crippen LogP contribution is -2.31. The quantitative estimate of drug-likeness (QED) is 0.327. The number of alkyl halides is 3. The number of piperidine rings is 1. The highest BCUT2D eigenvalue weighted by molar-refractivity contribution is 7.99. The average molecular weight is 538 g/mol. The molecule has 2 fully saturated rings. The van der Waals surface area contributed by atoms with Gasteiger partial charge < -0.3 is 15.5 Å². The molecule has 2 N–H and O–H groups in total. The number of nitrogens with one attached hydrogen (secondary N) is 2. The zero-order chi connectivity index (χ0) is 25.4. The van der Waals surface area contributed by atoms with Gasteiger partial charge in [-0.25, -0.2) is 9.97 Å². The second-order valence-electron chi connectivity index (χ2n) is 9.38. The number of aryl methyl sites for hydroxylation is 1. The van der Waals surface area contributed by atoms with Gasteiger partial charge in [0.25, 0.3) is 0 Å². The number of likely N-dealkylation sites (tertiary alicyclic amines) is 1. The van der Waals surface area contributed by atoms with Crippen LogP contribution in [0.2, 0.25) is 0 Å². The van der Waals surface area contributed by atoms with Crippen LogP contribution in [0.3, 0.4) is 0 Å². The predicted molar refractivity (Wildman–Crippen MR) is 139 cm³/mol. The van der Waals surface area contributed by atoms with Gasteiger partial charge in [-0.1, -0.05) is 6.92 Å². The maximum atomic E-state index is 13.9. The molecule has 1 aliphatic carbocycles. The molecule has 36 heavy (non-hydrogen) atoms. The van der Waals surface area contributed by atoms with Crippen LogP contribution in [0.5, 0.6) is 0 Å². The molecule has 1 aliphatic heterocycles. The van der Waals surface area contributed by atoms with E-state index in [4.69, 9.17) is 5.10 Å². The summed E-state index contributed by atoms with van der Waals surface area (Å²) in [5, 5.41) is 12.2. The molecular formula is C24H30F3N7S2. The van der Waals surface area contributed by atoms with Crippen LogP contribution in [-0.2, 0) is 12.6 Å². The predicted octanol–water partition coefficient (Wildman–Crippen LogP) is 6.29. The van der Waals surface area contributed by atoms with Crippen molar-refractivity contribution in [3.05, 3.63) is 29.6 Å². The Morgan fingerprint density at radius 3 is 2.58 bits per heavy atom. The Kier molecular flexibility index (Phi) is 7.19. The van der Waals surface area contributed by atoms with Gasteiger partial charge in [-0.2, -0.15) is 18.3 Å². The van der Waals surface area contributed by atoms with E-state index in [1.807, 2.05) is 24.1 Å². The molecule has 0 radical (unpaired) electrons. The molecule has 5 rings (SSSR count). The SMILES string of the molecule is CCc1cn(C2CCN(C)CC2)nc1Nc1ncc(C(F)(F)F)c(-c2cc(SC)c(NC3CC3)s2)n1. The van der Waals surface area contributed by atoms with Gasteiger partial charge in [-0.05, 0) is 64.6 Å². The summed E-state index contributed by atoms with van der Waals surface area (Å²) in [6, 6.07) is 2.49. The minimum Gasteiger partial charge on any atom is -0.373 e. The first kappa shape index (κ1) is 25.3. The Bertz CT molecular complexity index is 1210. The largest absolute Gasteiger partial charge is 0.420 e. The van der Waals surface area contributed by atoms with Crippen LogP contribution in [0, 0.1) is 0 Å². The second kappa shape index (κ2) is 10.2. The lowest BCUT2D eigenvalue weighted by Gasteiger charge is -2.28. The average Bonchev–Trinajstić information content (AvgIpc) is 3.43. The van der Waals surface area contributed by atoms with Gasteiger partial charge in [0.05, 0.1) is 16.6 Å². The Morgan fingerprint density at radius 1 is 1.19 bits per heavy atom. The molecule has 1 saturated heterocycles. The van der Waals surface area contributed by atoms with Crippen molar-refractivity contribution >= 4 is 39.9 Å². The summed E-state index contributed by atoms with van der Waals surface area (Å²) in [4.78, 5) is 12.1. The van der Waals surface area contributed by atoms with Gasteiger partial charge in [0.2, 0.25) is 5.95 Å². The molecule has 1 saturated carbocycles. The molecule has 0 spiro atoms. The summed E-state index contributed by atoms with van der Waals surface area (Å²) in [6.07, 6.45) is 5.19. The fraction of sp³-hybridized carbons (Fsp3) is 0.542. The number of thiophene rings is 1. The molecule has 0 aromatic carbocycles. The highest BCUT2D eigenvalue weighted by Crippen LogP contribution is 2.45. The molecular weight excluding hydrogens is 507 g/mol. The highest BCUT2D eigenvalue weighted by atomic mass is 32.2. The summed E-state index contributed by atoms with van der Waals surface area (Å²) in [6.45, 7) is 4.05. The number of hydrogen-bond donors (Lipinski definition) is 2. The van der Waals surface area contributed by atoms with Crippen molar-refractivity contribution in [1.29, 1.82) is 0 Å². The van der Waals surface area contributed by atoms with E-state index in [-0.39, 0.29) is 11.6 Å². The van der Waals surface area contributed by atoms with Gasteiger partial charge >= 0.3 is 6.18 Å². The zero-order valence-corrected chi connectivity index (χ0v) is 22.2. The van der Waals surface area contributed by atoms with E-state index < -0.39 is 11.7 Å². The van der Waals surface area contributed by atoms with Crippen molar-refractivity contribution < 1.29 is 13.2 Å². The number of halogens is 3. The maximum absolute atomic E-state index is 13.9. The number of thioether (sulfide) groups is 1. The Hall–Kier alpha value is -2.31. The Labute approximate surface area is 216 Å². The van der Waals surface area contributed by atoms with Crippen LogP contribution in [0.15, 0.2) is 23.4 Å². The summed E-state index contributed by atoms with van der Waals surface area (Å²) in [5.41, 5.74) is 0.0279. The van der Waals surface area contributed by atoms with Crippen molar-refractivity contribution in [2.45, 2.75) is 62.2 Å². The van der Waals surface area contributed by atoms with Crippen molar-refractivity contribution in [3.8, 4) is 10.6 Å². The number of anilines is 3. The number of hydrogen-bond acceptors (Lipinski definition) is 8. The first-order valence-electron chi connectivity index (χ1n) is 12.2. The summed E-state index contributed by atoms with van der Waals surface area (Å²) < 4.78 is 43.8. The monoisotopic (exact) mass is 537 g/mol. The molecule has 3 aromatic heterocycles. The summed E-state index contributed by atoms with van der Waals surface area (Å²) in [5.74, 6) is 0.700. The fourth-order valence-electron chi connectivity index (χ4n) is 4.34. The van der Waals surface area contributed by atoms with Gasteiger partial charge in [-0.15, -0.1) is 23.1 Å². The Balaban J connectivity index is 1.46. The number of nitrogens with zero attached hydrogens (tertiary/aromatic N) is 5. The van der Waals surface area contributed by atoms with Crippen molar-refractivity contribution in [3.63, 3.8) is 0 Å². The van der Waals surface area contributed by atoms with Gasteiger partial charge in [0.1, 0.15) is 10.6 Å². The van der Waals surface area contributed by atoms with Crippen molar-refractivity contribution in [1.82, 2.24) is 24.6 Å². The third-order valence-electron chi connectivity index (χ3n) is 6.64. The molecule has 12 heteroatoms. The minimum absolute atomic E-state index is 0.108. The van der Waals surface area contributed by atoms with E-state index in [0.29, 0.717) is 22.8 Å². The van der Waals surface area contributed by atoms with Crippen LogP contribution in [0.1, 0.15) is 49.8 Å².